The average Bonchev–Trinajstić information content (AvgIpc) is 2.96. The normalized spacial score (nSPS) is 15.3. The number of anilines is 1. The minimum Gasteiger partial charge on any atom is -0.434 e. The summed E-state index contributed by atoms with van der Waals surface area (Å²) < 4.78 is 43.1. The van der Waals surface area contributed by atoms with Crippen LogP contribution < -0.4 is 15.4 Å². The number of rotatable bonds is 7. The summed E-state index contributed by atoms with van der Waals surface area (Å²) in [6.45, 7) is -1.11. The summed E-state index contributed by atoms with van der Waals surface area (Å²) in [5.74, 6) is -3.00. The molecule has 5 nitrogen and oxygen atoms in total. The van der Waals surface area contributed by atoms with E-state index in [9.17, 15) is 22.8 Å². The fourth-order valence-corrected chi connectivity index (χ4v) is 3.22. The molecule has 0 fully saturated rings. The van der Waals surface area contributed by atoms with Gasteiger partial charge in [-0.25, -0.2) is 4.39 Å². The molecule has 2 N–H and O–H groups in total. The molecule has 0 saturated heterocycles. The Labute approximate surface area is 159 Å². The van der Waals surface area contributed by atoms with Gasteiger partial charge in [0.05, 0.1) is 5.92 Å². The summed E-state index contributed by atoms with van der Waals surface area (Å²) in [7, 11) is 0. The molecule has 0 aliphatic carbocycles. The summed E-state index contributed by atoms with van der Waals surface area (Å²) >= 11 is 0. The second-order valence-electron chi connectivity index (χ2n) is 6.35. The van der Waals surface area contributed by atoms with E-state index in [4.69, 9.17) is 0 Å². The number of fused-ring (bicyclic) bond motifs is 1. The van der Waals surface area contributed by atoms with Crippen LogP contribution in [0.4, 0.5) is 18.9 Å². The molecule has 2 aromatic rings. The first-order valence-electron chi connectivity index (χ1n) is 8.86. The summed E-state index contributed by atoms with van der Waals surface area (Å²) in [6, 6.07) is 8.99. The van der Waals surface area contributed by atoms with Crippen LogP contribution in [0, 0.1) is 5.82 Å². The predicted molar refractivity (Wildman–Crippen MR) is 97.2 cm³/mol. The molecule has 1 heterocycles. The van der Waals surface area contributed by atoms with Gasteiger partial charge in [-0.1, -0.05) is 25.1 Å². The molecule has 0 radical (unpaired) electrons. The van der Waals surface area contributed by atoms with Gasteiger partial charge >= 0.3 is 6.61 Å². The van der Waals surface area contributed by atoms with Crippen molar-refractivity contribution in [3.63, 3.8) is 0 Å². The van der Waals surface area contributed by atoms with Crippen LogP contribution in [0.1, 0.15) is 40.7 Å². The Bertz CT molecular complexity index is 902. The van der Waals surface area contributed by atoms with E-state index in [1.807, 2.05) is 25.1 Å². The number of amides is 2. The van der Waals surface area contributed by atoms with Gasteiger partial charge in [-0.3, -0.25) is 9.59 Å². The van der Waals surface area contributed by atoms with E-state index in [0.717, 1.165) is 35.4 Å². The minimum absolute atomic E-state index is 0.0646. The molecule has 0 saturated carbocycles. The van der Waals surface area contributed by atoms with Gasteiger partial charge in [0, 0.05) is 12.2 Å². The predicted octanol–water partition coefficient (Wildman–Crippen LogP) is 3.85. The van der Waals surface area contributed by atoms with Crippen molar-refractivity contribution < 1.29 is 27.5 Å². The van der Waals surface area contributed by atoms with Gasteiger partial charge in [-0.2, -0.15) is 8.78 Å². The number of alkyl halides is 2. The SMILES string of the molecule is CCc1ccc2c(c1)C(CCNC(=O)c1c(F)cccc1OC(F)F)C(=O)N2. The molecule has 3 rings (SSSR count). The van der Waals surface area contributed by atoms with Crippen LogP contribution >= 0.6 is 0 Å². The van der Waals surface area contributed by atoms with E-state index in [0.29, 0.717) is 0 Å². The first-order chi connectivity index (χ1) is 13.4. The highest BCUT2D eigenvalue weighted by Gasteiger charge is 2.30. The maximum absolute atomic E-state index is 14.0. The van der Waals surface area contributed by atoms with Crippen LogP contribution in [0.15, 0.2) is 36.4 Å². The lowest BCUT2D eigenvalue weighted by Crippen LogP contribution is -2.28. The van der Waals surface area contributed by atoms with Gasteiger partial charge < -0.3 is 15.4 Å². The summed E-state index contributed by atoms with van der Waals surface area (Å²) in [5.41, 5.74) is 2.09. The highest BCUT2D eigenvalue weighted by Crippen LogP contribution is 2.35. The van der Waals surface area contributed by atoms with E-state index in [1.54, 1.807) is 0 Å². The van der Waals surface area contributed by atoms with Crippen molar-refractivity contribution >= 4 is 17.5 Å². The fraction of sp³-hybridized carbons (Fsp3) is 0.300. The number of nitrogens with one attached hydrogen (secondary N) is 2. The quantitative estimate of drug-likeness (QED) is 0.752. The first kappa shape index (κ1) is 19.7. The number of carbonyl (C=O) groups excluding carboxylic acids is 2. The van der Waals surface area contributed by atoms with E-state index >= 15 is 0 Å². The fourth-order valence-electron chi connectivity index (χ4n) is 3.22. The molecule has 1 aliphatic rings. The molecular formula is C20H19F3N2O3. The van der Waals surface area contributed by atoms with E-state index in [-0.39, 0.29) is 18.9 Å². The smallest absolute Gasteiger partial charge is 0.387 e. The number of aryl methyl sites for hydroxylation is 1. The number of ether oxygens (including phenoxy) is 1. The van der Waals surface area contributed by atoms with Crippen molar-refractivity contribution in [3.8, 4) is 5.75 Å². The Hall–Kier alpha value is -3.03. The molecule has 28 heavy (non-hydrogen) atoms. The Kier molecular flexibility index (Phi) is 5.87. The molecule has 1 unspecified atom stereocenters. The Morgan fingerprint density at radius 3 is 2.79 bits per heavy atom. The minimum atomic E-state index is -3.18. The molecule has 2 amide bonds. The van der Waals surface area contributed by atoms with Crippen LogP contribution in [0.2, 0.25) is 0 Å². The zero-order chi connectivity index (χ0) is 20.3. The number of carbonyl (C=O) groups is 2. The standard InChI is InChI=1S/C20H19F3N2O3/c1-2-11-6-7-15-13(10-11)12(18(26)25-15)8-9-24-19(27)17-14(21)4-3-5-16(17)28-20(22)23/h3-7,10,12,20H,2,8-9H2,1H3,(H,24,27)(H,25,26). The van der Waals surface area contributed by atoms with Gasteiger partial charge in [0.1, 0.15) is 17.1 Å². The van der Waals surface area contributed by atoms with Gasteiger partial charge in [-0.05, 0) is 42.2 Å². The van der Waals surface area contributed by atoms with Crippen LogP contribution in [0.3, 0.4) is 0 Å². The maximum Gasteiger partial charge on any atom is 0.387 e. The molecule has 148 valence electrons. The highest BCUT2D eigenvalue weighted by molar-refractivity contribution is 6.03. The van der Waals surface area contributed by atoms with Gasteiger partial charge in [0.2, 0.25) is 5.91 Å². The number of hydrogen-bond acceptors (Lipinski definition) is 3. The lowest BCUT2D eigenvalue weighted by molar-refractivity contribution is -0.117. The molecule has 2 aromatic carbocycles. The molecule has 0 aromatic heterocycles. The zero-order valence-corrected chi connectivity index (χ0v) is 15.1. The first-order valence-corrected chi connectivity index (χ1v) is 8.86. The zero-order valence-electron chi connectivity index (χ0n) is 15.1. The number of benzene rings is 2. The number of hydrogen-bond donors (Lipinski definition) is 2. The largest absolute Gasteiger partial charge is 0.434 e. The Balaban J connectivity index is 1.68. The monoisotopic (exact) mass is 392 g/mol. The Morgan fingerprint density at radius 1 is 1.29 bits per heavy atom. The molecular weight excluding hydrogens is 373 g/mol. The van der Waals surface area contributed by atoms with Crippen molar-refractivity contribution in [2.24, 2.45) is 0 Å². The van der Waals surface area contributed by atoms with Crippen LogP contribution in [-0.4, -0.2) is 25.0 Å². The van der Waals surface area contributed by atoms with Crippen molar-refractivity contribution in [1.29, 1.82) is 0 Å². The van der Waals surface area contributed by atoms with Gasteiger partial charge in [-0.15, -0.1) is 0 Å². The van der Waals surface area contributed by atoms with Crippen molar-refractivity contribution in [2.75, 3.05) is 11.9 Å². The van der Waals surface area contributed by atoms with Crippen molar-refractivity contribution in [3.05, 3.63) is 58.9 Å². The van der Waals surface area contributed by atoms with Crippen LogP contribution in [0.5, 0.6) is 5.75 Å². The molecule has 1 aliphatic heterocycles. The topological polar surface area (TPSA) is 67.4 Å². The molecule has 0 bridgehead atoms. The van der Waals surface area contributed by atoms with Gasteiger partial charge in [0.15, 0.2) is 0 Å². The second-order valence-corrected chi connectivity index (χ2v) is 6.35. The Morgan fingerprint density at radius 2 is 2.07 bits per heavy atom. The number of halogens is 3. The third-order valence-corrected chi connectivity index (χ3v) is 4.61. The maximum atomic E-state index is 14.0. The highest BCUT2D eigenvalue weighted by atomic mass is 19.3. The van der Waals surface area contributed by atoms with Crippen LogP contribution in [0.25, 0.3) is 0 Å². The van der Waals surface area contributed by atoms with Crippen molar-refractivity contribution in [2.45, 2.75) is 32.3 Å². The van der Waals surface area contributed by atoms with Crippen LogP contribution in [-0.2, 0) is 11.2 Å². The van der Waals surface area contributed by atoms with Crippen molar-refractivity contribution in [1.82, 2.24) is 5.32 Å². The third kappa shape index (κ3) is 4.11. The lowest BCUT2D eigenvalue weighted by Gasteiger charge is -2.13. The summed E-state index contributed by atoms with van der Waals surface area (Å²) in [4.78, 5) is 24.5. The summed E-state index contributed by atoms with van der Waals surface area (Å²) in [6.07, 6.45) is 1.11. The molecule has 0 spiro atoms. The summed E-state index contributed by atoms with van der Waals surface area (Å²) in [5, 5.41) is 5.27. The average molecular weight is 392 g/mol. The van der Waals surface area contributed by atoms with E-state index in [2.05, 4.69) is 15.4 Å². The molecule has 1 atom stereocenters. The lowest BCUT2D eigenvalue weighted by atomic mass is 9.95. The van der Waals surface area contributed by atoms with Gasteiger partial charge in [0.25, 0.3) is 5.91 Å². The van der Waals surface area contributed by atoms with E-state index < -0.39 is 35.6 Å². The molecule has 8 heteroatoms. The third-order valence-electron chi connectivity index (χ3n) is 4.61. The second kappa shape index (κ2) is 8.33. The van der Waals surface area contributed by atoms with E-state index in [1.165, 1.54) is 6.07 Å².